The standard InChI is InChI=1S/C13H13ClN2OS/c1-6-4-9-7(5-8(6)14)10-11(13(2,3)17-9)18-12(15)16-10/h4-5H,1-3H3,(H2,15,16). The summed E-state index contributed by atoms with van der Waals surface area (Å²) in [5.74, 6) is 0.819. The molecule has 1 aliphatic heterocycles. The molecular weight excluding hydrogens is 268 g/mol. The Labute approximate surface area is 115 Å². The second kappa shape index (κ2) is 3.62. The normalized spacial score (nSPS) is 15.8. The number of hydrogen-bond donors (Lipinski definition) is 1. The second-order valence-corrected chi connectivity index (χ2v) is 6.38. The maximum atomic E-state index is 6.18. The van der Waals surface area contributed by atoms with Gasteiger partial charge in [0.2, 0.25) is 0 Å². The Balaban J connectivity index is 2.32. The Hall–Kier alpha value is -1.26. The molecule has 5 heteroatoms. The van der Waals surface area contributed by atoms with Gasteiger partial charge in [0.05, 0.1) is 10.6 Å². The van der Waals surface area contributed by atoms with Gasteiger partial charge in [-0.05, 0) is 38.5 Å². The van der Waals surface area contributed by atoms with E-state index in [2.05, 4.69) is 4.98 Å². The molecule has 1 aliphatic rings. The summed E-state index contributed by atoms with van der Waals surface area (Å²) < 4.78 is 6.05. The quantitative estimate of drug-likeness (QED) is 0.794. The average Bonchev–Trinajstić information content (AvgIpc) is 2.65. The van der Waals surface area contributed by atoms with E-state index in [0.717, 1.165) is 32.5 Å². The molecule has 0 radical (unpaired) electrons. The fraction of sp³-hybridized carbons (Fsp3) is 0.308. The predicted molar refractivity (Wildman–Crippen MR) is 75.4 cm³/mol. The van der Waals surface area contributed by atoms with Gasteiger partial charge < -0.3 is 10.5 Å². The van der Waals surface area contributed by atoms with E-state index >= 15 is 0 Å². The van der Waals surface area contributed by atoms with Gasteiger partial charge in [-0.25, -0.2) is 4.98 Å². The molecule has 2 N–H and O–H groups in total. The van der Waals surface area contributed by atoms with Crippen molar-refractivity contribution < 1.29 is 4.74 Å². The number of hydrogen-bond acceptors (Lipinski definition) is 4. The summed E-state index contributed by atoms with van der Waals surface area (Å²) >= 11 is 7.65. The summed E-state index contributed by atoms with van der Waals surface area (Å²) in [6.45, 7) is 6.01. The first-order chi connectivity index (χ1) is 8.38. The number of rotatable bonds is 0. The molecule has 0 bridgehead atoms. The van der Waals surface area contributed by atoms with Gasteiger partial charge in [-0.3, -0.25) is 0 Å². The highest BCUT2D eigenvalue weighted by molar-refractivity contribution is 7.16. The van der Waals surface area contributed by atoms with Crippen molar-refractivity contribution in [3.63, 3.8) is 0 Å². The lowest BCUT2D eigenvalue weighted by Gasteiger charge is -2.32. The van der Waals surface area contributed by atoms with Crippen LogP contribution >= 0.6 is 22.9 Å². The van der Waals surface area contributed by atoms with E-state index in [-0.39, 0.29) is 0 Å². The number of fused-ring (bicyclic) bond motifs is 3. The van der Waals surface area contributed by atoms with Crippen LogP contribution in [0.5, 0.6) is 5.75 Å². The zero-order valence-electron chi connectivity index (χ0n) is 10.4. The molecule has 2 heterocycles. The molecule has 2 aromatic rings. The van der Waals surface area contributed by atoms with Crippen LogP contribution in [0.2, 0.25) is 5.02 Å². The first-order valence-electron chi connectivity index (χ1n) is 5.65. The van der Waals surface area contributed by atoms with Gasteiger partial charge in [0.15, 0.2) is 5.13 Å². The first kappa shape index (κ1) is 11.8. The molecule has 0 unspecified atom stereocenters. The lowest BCUT2D eigenvalue weighted by atomic mass is 9.96. The lowest BCUT2D eigenvalue weighted by molar-refractivity contribution is 0.109. The molecule has 0 saturated carbocycles. The lowest BCUT2D eigenvalue weighted by Crippen LogP contribution is -2.28. The Morgan fingerprint density at radius 3 is 2.83 bits per heavy atom. The zero-order valence-corrected chi connectivity index (χ0v) is 11.9. The van der Waals surface area contributed by atoms with Crippen LogP contribution in [0.4, 0.5) is 5.13 Å². The molecule has 18 heavy (non-hydrogen) atoms. The predicted octanol–water partition coefficient (Wildman–Crippen LogP) is 3.98. The van der Waals surface area contributed by atoms with Gasteiger partial charge in [-0.15, -0.1) is 0 Å². The third-order valence-corrected chi connectivity index (χ3v) is 4.67. The number of ether oxygens (including phenoxy) is 1. The maximum Gasteiger partial charge on any atom is 0.180 e. The molecule has 0 amide bonds. The number of nitrogens with two attached hydrogens (primary N) is 1. The number of thiazole rings is 1. The molecule has 3 nitrogen and oxygen atoms in total. The van der Waals surface area contributed by atoms with Crippen LogP contribution in [0.15, 0.2) is 12.1 Å². The highest BCUT2D eigenvalue weighted by atomic mass is 35.5. The van der Waals surface area contributed by atoms with Gasteiger partial charge in [-0.2, -0.15) is 0 Å². The summed E-state index contributed by atoms with van der Waals surface area (Å²) in [5, 5.41) is 1.27. The minimum atomic E-state index is -0.405. The number of aryl methyl sites for hydroxylation is 1. The molecule has 0 aliphatic carbocycles. The fourth-order valence-electron chi connectivity index (χ4n) is 2.17. The molecule has 0 atom stereocenters. The van der Waals surface area contributed by atoms with Crippen molar-refractivity contribution in [3.8, 4) is 17.0 Å². The topological polar surface area (TPSA) is 48.1 Å². The molecule has 94 valence electrons. The molecule has 1 aromatic carbocycles. The highest BCUT2D eigenvalue weighted by Gasteiger charge is 2.36. The molecule has 3 rings (SSSR count). The minimum absolute atomic E-state index is 0.405. The third kappa shape index (κ3) is 1.60. The smallest absolute Gasteiger partial charge is 0.180 e. The van der Waals surface area contributed by atoms with Crippen molar-refractivity contribution in [1.82, 2.24) is 4.98 Å². The number of halogens is 1. The van der Waals surface area contributed by atoms with Gasteiger partial charge in [0.1, 0.15) is 11.4 Å². The Kier molecular flexibility index (Phi) is 2.37. The molecule has 0 saturated heterocycles. The van der Waals surface area contributed by atoms with Gasteiger partial charge in [0, 0.05) is 10.6 Å². The molecule has 1 aromatic heterocycles. The van der Waals surface area contributed by atoms with Crippen molar-refractivity contribution in [2.45, 2.75) is 26.4 Å². The second-order valence-electron chi connectivity index (χ2n) is 4.94. The van der Waals surface area contributed by atoms with E-state index in [0.29, 0.717) is 5.13 Å². The fourth-order valence-corrected chi connectivity index (χ4v) is 3.22. The van der Waals surface area contributed by atoms with E-state index in [4.69, 9.17) is 22.1 Å². The van der Waals surface area contributed by atoms with Crippen LogP contribution in [-0.4, -0.2) is 4.98 Å². The largest absolute Gasteiger partial charge is 0.482 e. The van der Waals surface area contributed by atoms with Crippen molar-refractivity contribution in [2.24, 2.45) is 0 Å². The van der Waals surface area contributed by atoms with Crippen LogP contribution in [0.25, 0.3) is 11.3 Å². The van der Waals surface area contributed by atoms with Gasteiger partial charge in [-0.1, -0.05) is 22.9 Å². The van der Waals surface area contributed by atoms with Crippen LogP contribution < -0.4 is 10.5 Å². The molecule has 0 fully saturated rings. The van der Waals surface area contributed by atoms with Crippen molar-refractivity contribution in [1.29, 1.82) is 0 Å². The molecule has 0 spiro atoms. The SMILES string of the molecule is Cc1cc2c(cc1Cl)-c1nc(N)sc1C(C)(C)O2. The summed E-state index contributed by atoms with van der Waals surface area (Å²) in [6, 6.07) is 3.86. The Bertz CT molecular complexity index is 649. The van der Waals surface area contributed by atoms with Crippen LogP contribution in [0, 0.1) is 6.92 Å². The molecular formula is C13H13ClN2OS. The van der Waals surface area contributed by atoms with Gasteiger partial charge >= 0.3 is 0 Å². The Morgan fingerprint density at radius 1 is 1.39 bits per heavy atom. The van der Waals surface area contributed by atoms with Gasteiger partial charge in [0.25, 0.3) is 0 Å². The summed E-state index contributed by atoms with van der Waals surface area (Å²) in [6.07, 6.45) is 0. The monoisotopic (exact) mass is 280 g/mol. The van der Waals surface area contributed by atoms with Crippen LogP contribution in [-0.2, 0) is 5.60 Å². The van der Waals surface area contributed by atoms with Crippen molar-refractivity contribution >= 4 is 28.1 Å². The summed E-state index contributed by atoms with van der Waals surface area (Å²) in [7, 11) is 0. The van der Waals surface area contributed by atoms with E-state index in [9.17, 15) is 0 Å². The average molecular weight is 281 g/mol. The van der Waals surface area contributed by atoms with Crippen LogP contribution in [0.1, 0.15) is 24.3 Å². The number of nitrogens with zero attached hydrogens (tertiary/aromatic N) is 1. The zero-order chi connectivity index (χ0) is 13.1. The van der Waals surface area contributed by atoms with E-state index in [1.807, 2.05) is 32.9 Å². The first-order valence-corrected chi connectivity index (χ1v) is 6.84. The van der Waals surface area contributed by atoms with Crippen molar-refractivity contribution in [3.05, 3.63) is 27.6 Å². The Morgan fingerprint density at radius 2 is 2.11 bits per heavy atom. The van der Waals surface area contributed by atoms with Crippen LogP contribution in [0.3, 0.4) is 0 Å². The number of benzene rings is 1. The number of aromatic nitrogens is 1. The van der Waals surface area contributed by atoms with E-state index in [1.165, 1.54) is 11.3 Å². The number of anilines is 1. The maximum absolute atomic E-state index is 6.18. The number of nitrogen functional groups attached to an aromatic ring is 1. The van der Waals surface area contributed by atoms with E-state index in [1.54, 1.807) is 0 Å². The summed E-state index contributed by atoms with van der Waals surface area (Å²) in [5.41, 5.74) is 8.23. The third-order valence-electron chi connectivity index (χ3n) is 3.07. The minimum Gasteiger partial charge on any atom is -0.482 e. The highest BCUT2D eigenvalue weighted by Crippen LogP contribution is 2.48. The summed E-state index contributed by atoms with van der Waals surface area (Å²) in [4.78, 5) is 5.47. The van der Waals surface area contributed by atoms with Crippen molar-refractivity contribution in [2.75, 3.05) is 5.73 Å². The van der Waals surface area contributed by atoms with E-state index < -0.39 is 5.60 Å².